The molecule has 17 heavy (non-hydrogen) atoms. The van der Waals surface area contributed by atoms with E-state index in [0.29, 0.717) is 12.8 Å². The molecular weight excluding hydrogens is 220 g/mol. The van der Waals surface area contributed by atoms with Crippen LogP contribution < -0.4 is 0 Å². The highest BCUT2D eigenvalue weighted by Crippen LogP contribution is 2.50. The van der Waals surface area contributed by atoms with E-state index >= 15 is 0 Å². The average molecular weight is 232 g/mol. The van der Waals surface area contributed by atoms with E-state index in [1.165, 1.54) is 7.11 Å². The van der Waals surface area contributed by atoms with Gasteiger partial charge in [0.05, 0.1) is 24.7 Å². The van der Waals surface area contributed by atoms with Crippen LogP contribution in [-0.2, 0) is 19.1 Å². The molecule has 0 N–H and O–H groups in total. The van der Waals surface area contributed by atoms with Gasteiger partial charge in [0.15, 0.2) is 0 Å². The summed E-state index contributed by atoms with van der Waals surface area (Å²) in [6.07, 6.45) is 4.71. The summed E-state index contributed by atoms with van der Waals surface area (Å²) in [4.78, 5) is 23.8. The van der Waals surface area contributed by atoms with E-state index in [0.717, 1.165) is 0 Å². The molecule has 3 rings (SSSR count). The SMILES string of the molecule is COC(=O)C1C2C=CC3(CCC#CC(=O)C13)O2. The molecule has 0 amide bonds. The van der Waals surface area contributed by atoms with Crippen LogP contribution in [-0.4, -0.2) is 30.6 Å². The lowest BCUT2D eigenvalue weighted by Crippen LogP contribution is -2.42. The summed E-state index contributed by atoms with van der Waals surface area (Å²) in [5, 5.41) is 0. The van der Waals surface area contributed by atoms with Gasteiger partial charge in [0, 0.05) is 6.42 Å². The first-order chi connectivity index (χ1) is 8.18. The summed E-state index contributed by atoms with van der Waals surface area (Å²) in [5.74, 6) is 3.78. The van der Waals surface area contributed by atoms with Crippen molar-refractivity contribution >= 4 is 11.8 Å². The first-order valence-corrected chi connectivity index (χ1v) is 5.66. The lowest BCUT2D eigenvalue weighted by atomic mass is 9.72. The number of esters is 1. The number of rotatable bonds is 1. The Morgan fingerprint density at radius 2 is 2.47 bits per heavy atom. The summed E-state index contributed by atoms with van der Waals surface area (Å²) >= 11 is 0. The number of methoxy groups -OCH3 is 1. The Balaban J connectivity index is 2.05. The van der Waals surface area contributed by atoms with Crippen molar-refractivity contribution in [1.29, 1.82) is 0 Å². The Kier molecular flexibility index (Phi) is 2.14. The van der Waals surface area contributed by atoms with Crippen LogP contribution in [0.15, 0.2) is 12.2 Å². The highest BCUT2D eigenvalue weighted by atomic mass is 16.5. The predicted molar refractivity (Wildman–Crippen MR) is 57.8 cm³/mol. The molecular formula is C13H12O4. The second-order valence-corrected chi connectivity index (χ2v) is 4.59. The highest BCUT2D eigenvalue weighted by Gasteiger charge is 2.61. The number of hydrogen-bond donors (Lipinski definition) is 0. The molecule has 1 spiro atoms. The number of ketones is 1. The molecule has 0 aromatic carbocycles. The molecule has 4 atom stereocenters. The smallest absolute Gasteiger partial charge is 0.312 e. The highest BCUT2D eigenvalue weighted by molar-refractivity contribution is 6.01. The maximum atomic E-state index is 12.0. The molecule has 4 nitrogen and oxygen atoms in total. The fourth-order valence-corrected chi connectivity index (χ4v) is 3.03. The summed E-state index contributed by atoms with van der Waals surface area (Å²) in [6.45, 7) is 0. The molecule has 3 aliphatic rings. The predicted octanol–water partition coefficient (Wildman–Crippen LogP) is 0.465. The van der Waals surface area contributed by atoms with Crippen LogP contribution in [0.4, 0.5) is 0 Å². The Labute approximate surface area is 99.0 Å². The van der Waals surface area contributed by atoms with Gasteiger partial charge < -0.3 is 9.47 Å². The van der Waals surface area contributed by atoms with Gasteiger partial charge >= 0.3 is 5.97 Å². The van der Waals surface area contributed by atoms with Gasteiger partial charge in [-0.05, 0) is 12.3 Å². The van der Waals surface area contributed by atoms with E-state index in [1.807, 2.05) is 12.2 Å². The van der Waals surface area contributed by atoms with Crippen molar-refractivity contribution in [3.8, 4) is 11.8 Å². The fraction of sp³-hybridized carbons (Fsp3) is 0.538. The van der Waals surface area contributed by atoms with Crippen molar-refractivity contribution in [3.05, 3.63) is 12.2 Å². The van der Waals surface area contributed by atoms with Gasteiger partial charge in [0.2, 0.25) is 5.78 Å². The van der Waals surface area contributed by atoms with Crippen LogP contribution in [0, 0.1) is 23.7 Å². The van der Waals surface area contributed by atoms with Crippen LogP contribution in [0.1, 0.15) is 12.8 Å². The second-order valence-electron chi connectivity index (χ2n) is 4.59. The van der Waals surface area contributed by atoms with Gasteiger partial charge in [0.1, 0.15) is 5.92 Å². The third-order valence-corrected chi connectivity index (χ3v) is 3.77. The normalized spacial score (nSPS) is 41.5. The lowest BCUT2D eigenvalue weighted by Gasteiger charge is -2.28. The van der Waals surface area contributed by atoms with E-state index in [9.17, 15) is 9.59 Å². The average Bonchev–Trinajstić information content (AvgIpc) is 2.84. The van der Waals surface area contributed by atoms with Gasteiger partial charge in [-0.15, -0.1) is 0 Å². The minimum atomic E-state index is -0.642. The van der Waals surface area contributed by atoms with Gasteiger partial charge in [-0.2, -0.15) is 0 Å². The van der Waals surface area contributed by atoms with E-state index in [4.69, 9.17) is 9.47 Å². The van der Waals surface area contributed by atoms with Gasteiger partial charge in [-0.1, -0.05) is 18.1 Å². The van der Waals surface area contributed by atoms with Crippen LogP contribution in [0.3, 0.4) is 0 Å². The minimum Gasteiger partial charge on any atom is -0.469 e. The first kappa shape index (κ1) is 10.5. The Morgan fingerprint density at radius 1 is 1.65 bits per heavy atom. The third-order valence-electron chi connectivity index (χ3n) is 3.77. The van der Waals surface area contributed by atoms with Crippen LogP contribution in [0.2, 0.25) is 0 Å². The Morgan fingerprint density at radius 3 is 3.24 bits per heavy atom. The zero-order valence-corrected chi connectivity index (χ0v) is 9.43. The zero-order valence-electron chi connectivity index (χ0n) is 9.43. The molecule has 0 saturated carbocycles. The van der Waals surface area contributed by atoms with E-state index in [2.05, 4.69) is 11.8 Å². The van der Waals surface area contributed by atoms with Crippen LogP contribution in [0.5, 0.6) is 0 Å². The van der Waals surface area contributed by atoms with E-state index in [-0.39, 0.29) is 17.9 Å². The number of carbonyl (C=O) groups excluding carboxylic acids is 2. The molecule has 1 saturated heterocycles. The molecule has 0 aromatic heterocycles. The third kappa shape index (κ3) is 1.29. The van der Waals surface area contributed by atoms with Crippen LogP contribution >= 0.6 is 0 Å². The standard InChI is InChI=1S/C13H12O4/c1-16-12(15)10-9-5-7-13(17-9)6-3-2-4-8(14)11(10)13/h5,7,9-11H,3,6H2,1H3. The van der Waals surface area contributed by atoms with Crippen LogP contribution in [0.25, 0.3) is 0 Å². The molecule has 4 heteroatoms. The number of ether oxygens (including phenoxy) is 2. The number of carbonyl (C=O) groups is 2. The Hall–Kier alpha value is -1.60. The lowest BCUT2D eigenvalue weighted by molar-refractivity contribution is -0.149. The molecule has 2 aliphatic heterocycles. The van der Waals surface area contributed by atoms with Crippen molar-refractivity contribution in [2.45, 2.75) is 24.5 Å². The fourth-order valence-electron chi connectivity index (χ4n) is 3.03. The maximum Gasteiger partial charge on any atom is 0.312 e. The number of hydrogen-bond acceptors (Lipinski definition) is 4. The molecule has 1 fully saturated rings. The van der Waals surface area contributed by atoms with Crippen molar-refractivity contribution in [2.24, 2.45) is 11.8 Å². The summed E-state index contributed by atoms with van der Waals surface area (Å²) < 4.78 is 10.6. The number of Topliss-reactive ketones (excluding diaryl/α,β-unsaturated/α-hetero) is 1. The van der Waals surface area contributed by atoms with Crippen molar-refractivity contribution in [2.75, 3.05) is 7.11 Å². The molecule has 0 aromatic rings. The largest absolute Gasteiger partial charge is 0.469 e. The van der Waals surface area contributed by atoms with Crippen molar-refractivity contribution < 1.29 is 19.1 Å². The molecule has 2 heterocycles. The van der Waals surface area contributed by atoms with Crippen molar-refractivity contribution in [3.63, 3.8) is 0 Å². The summed E-state index contributed by atoms with van der Waals surface area (Å²) in [7, 11) is 1.33. The monoisotopic (exact) mass is 232 g/mol. The quantitative estimate of drug-likeness (QED) is 0.285. The van der Waals surface area contributed by atoms with Gasteiger partial charge in [-0.3, -0.25) is 9.59 Å². The van der Waals surface area contributed by atoms with Gasteiger partial charge in [0.25, 0.3) is 0 Å². The molecule has 0 radical (unpaired) electrons. The summed E-state index contributed by atoms with van der Waals surface area (Å²) in [6, 6.07) is 0. The maximum absolute atomic E-state index is 12.0. The van der Waals surface area contributed by atoms with E-state index in [1.54, 1.807) is 0 Å². The van der Waals surface area contributed by atoms with Crippen molar-refractivity contribution in [1.82, 2.24) is 0 Å². The van der Waals surface area contributed by atoms with Gasteiger partial charge in [-0.25, -0.2) is 0 Å². The van der Waals surface area contributed by atoms with E-state index < -0.39 is 17.4 Å². The zero-order chi connectivity index (χ0) is 12.0. The topological polar surface area (TPSA) is 52.6 Å². The number of fused-ring (bicyclic) bond motifs is 1. The Bertz CT molecular complexity index is 481. The molecule has 88 valence electrons. The first-order valence-electron chi connectivity index (χ1n) is 5.66. The second kappa shape index (κ2) is 3.44. The minimum absolute atomic E-state index is 0.204. The summed E-state index contributed by atoms with van der Waals surface area (Å²) in [5.41, 5.74) is -0.642. The molecule has 1 aliphatic carbocycles. The molecule has 4 unspecified atom stereocenters. The molecule has 2 bridgehead atoms.